The Labute approximate surface area is 116 Å². The third-order valence-electron chi connectivity index (χ3n) is 3.39. The number of rotatable bonds is 3. The zero-order valence-corrected chi connectivity index (χ0v) is 11.2. The van der Waals surface area contributed by atoms with Gasteiger partial charge in [0, 0.05) is 0 Å². The molecule has 102 valence electrons. The highest BCUT2D eigenvalue weighted by atomic mass is 16.4. The van der Waals surface area contributed by atoms with Crippen LogP contribution in [0.15, 0.2) is 36.4 Å². The van der Waals surface area contributed by atoms with Crippen molar-refractivity contribution in [1.29, 1.82) is 0 Å². The van der Waals surface area contributed by atoms with Crippen molar-refractivity contribution in [2.45, 2.75) is 13.8 Å². The van der Waals surface area contributed by atoms with Gasteiger partial charge in [-0.3, -0.25) is 0 Å². The molecular formula is C16H14O4. The molecule has 4 heteroatoms. The molecule has 2 N–H and O–H groups in total. The maximum absolute atomic E-state index is 11.3. The number of benzene rings is 2. The Morgan fingerprint density at radius 3 is 2.20 bits per heavy atom. The van der Waals surface area contributed by atoms with Gasteiger partial charge in [-0.25, -0.2) is 9.59 Å². The number of aryl methyl sites for hydroxylation is 1. The maximum Gasteiger partial charge on any atom is 0.336 e. The van der Waals surface area contributed by atoms with Crippen LogP contribution >= 0.6 is 0 Å². The Bertz CT molecular complexity index is 702. The van der Waals surface area contributed by atoms with Crippen LogP contribution in [0.1, 0.15) is 31.8 Å². The molecule has 0 aliphatic heterocycles. The molecular weight excluding hydrogens is 256 g/mol. The number of hydrogen-bond donors (Lipinski definition) is 2. The van der Waals surface area contributed by atoms with Crippen LogP contribution in [0.3, 0.4) is 0 Å². The molecule has 4 nitrogen and oxygen atoms in total. The number of carboxylic acids is 2. The van der Waals surface area contributed by atoms with E-state index in [0.29, 0.717) is 5.56 Å². The molecule has 0 saturated heterocycles. The summed E-state index contributed by atoms with van der Waals surface area (Å²) in [5, 5.41) is 18.3. The molecule has 20 heavy (non-hydrogen) atoms. The van der Waals surface area contributed by atoms with Crippen LogP contribution < -0.4 is 0 Å². The minimum Gasteiger partial charge on any atom is -0.478 e. The Hall–Kier alpha value is -2.62. The molecule has 0 spiro atoms. The van der Waals surface area contributed by atoms with E-state index in [2.05, 4.69) is 0 Å². The summed E-state index contributed by atoms with van der Waals surface area (Å²) in [5.41, 5.74) is 3.32. The van der Waals surface area contributed by atoms with E-state index in [1.165, 1.54) is 18.2 Å². The molecule has 0 amide bonds. The van der Waals surface area contributed by atoms with E-state index in [9.17, 15) is 14.7 Å². The van der Waals surface area contributed by atoms with Crippen molar-refractivity contribution in [3.63, 3.8) is 0 Å². The van der Waals surface area contributed by atoms with Gasteiger partial charge in [-0.2, -0.15) is 0 Å². The lowest BCUT2D eigenvalue weighted by Crippen LogP contribution is -2.04. The molecule has 2 rings (SSSR count). The third kappa shape index (κ3) is 2.40. The van der Waals surface area contributed by atoms with Crippen LogP contribution in [0.25, 0.3) is 11.1 Å². The highest BCUT2D eigenvalue weighted by Crippen LogP contribution is 2.29. The van der Waals surface area contributed by atoms with Crippen molar-refractivity contribution in [2.24, 2.45) is 0 Å². The molecule has 0 heterocycles. The normalized spacial score (nSPS) is 10.3. The Morgan fingerprint density at radius 1 is 0.900 bits per heavy atom. The largest absolute Gasteiger partial charge is 0.478 e. The first kappa shape index (κ1) is 13.8. The molecule has 0 aromatic heterocycles. The highest BCUT2D eigenvalue weighted by molar-refractivity contribution is 5.99. The number of aromatic carboxylic acids is 2. The van der Waals surface area contributed by atoms with Crippen molar-refractivity contribution >= 4 is 11.9 Å². The molecule has 0 fully saturated rings. The van der Waals surface area contributed by atoms with Crippen LogP contribution in [0.5, 0.6) is 0 Å². The second-order valence-electron chi connectivity index (χ2n) is 4.62. The average Bonchev–Trinajstić information content (AvgIpc) is 2.41. The van der Waals surface area contributed by atoms with E-state index in [-0.39, 0.29) is 11.1 Å². The van der Waals surface area contributed by atoms with Crippen LogP contribution in [-0.2, 0) is 0 Å². The SMILES string of the molecule is Cc1cccc(-c2cc(C(=O)O)ccc2C(=O)O)c1C. The molecule has 0 aliphatic carbocycles. The summed E-state index contributed by atoms with van der Waals surface area (Å²) in [5.74, 6) is -2.15. The lowest BCUT2D eigenvalue weighted by molar-refractivity contribution is 0.0682. The average molecular weight is 270 g/mol. The van der Waals surface area contributed by atoms with E-state index in [1.54, 1.807) is 6.07 Å². The summed E-state index contributed by atoms with van der Waals surface area (Å²) >= 11 is 0. The van der Waals surface area contributed by atoms with Crippen LogP contribution in [0.4, 0.5) is 0 Å². The minimum atomic E-state index is -1.08. The van der Waals surface area contributed by atoms with Crippen LogP contribution in [0.2, 0.25) is 0 Å². The smallest absolute Gasteiger partial charge is 0.336 e. The number of carboxylic acid groups (broad SMARTS) is 2. The predicted octanol–water partition coefficient (Wildman–Crippen LogP) is 3.37. The van der Waals surface area contributed by atoms with Crippen molar-refractivity contribution in [2.75, 3.05) is 0 Å². The van der Waals surface area contributed by atoms with Gasteiger partial charge in [0.1, 0.15) is 0 Å². The van der Waals surface area contributed by atoms with E-state index in [0.717, 1.165) is 16.7 Å². The summed E-state index contributed by atoms with van der Waals surface area (Å²) in [6.45, 7) is 3.82. The van der Waals surface area contributed by atoms with Gasteiger partial charge in [0.15, 0.2) is 0 Å². The third-order valence-corrected chi connectivity index (χ3v) is 3.39. The molecule has 0 saturated carbocycles. The first-order chi connectivity index (χ1) is 9.41. The fourth-order valence-electron chi connectivity index (χ4n) is 2.13. The van der Waals surface area contributed by atoms with Crippen molar-refractivity contribution in [3.8, 4) is 11.1 Å². The van der Waals surface area contributed by atoms with E-state index >= 15 is 0 Å². The zero-order chi connectivity index (χ0) is 14.9. The Balaban J connectivity index is 2.76. The standard InChI is InChI=1S/C16H14O4/c1-9-4-3-5-12(10(9)2)14-8-11(15(17)18)6-7-13(14)16(19)20/h3-8H,1-2H3,(H,17,18)(H,19,20). The Kier molecular flexibility index (Phi) is 3.57. The van der Waals surface area contributed by atoms with E-state index < -0.39 is 11.9 Å². The van der Waals surface area contributed by atoms with Gasteiger partial charge in [-0.05, 0) is 54.3 Å². The van der Waals surface area contributed by atoms with E-state index in [4.69, 9.17) is 5.11 Å². The van der Waals surface area contributed by atoms with Gasteiger partial charge in [0.2, 0.25) is 0 Å². The topological polar surface area (TPSA) is 74.6 Å². The molecule has 0 atom stereocenters. The molecule has 2 aromatic carbocycles. The zero-order valence-electron chi connectivity index (χ0n) is 11.2. The molecule has 0 unspecified atom stereocenters. The van der Waals surface area contributed by atoms with Gasteiger partial charge in [0.25, 0.3) is 0 Å². The second-order valence-corrected chi connectivity index (χ2v) is 4.62. The lowest BCUT2D eigenvalue weighted by atomic mass is 9.92. The van der Waals surface area contributed by atoms with Gasteiger partial charge in [0.05, 0.1) is 11.1 Å². The summed E-state index contributed by atoms with van der Waals surface area (Å²) < 4.78 is 0. The van der Waals surface area contributed by atoms with E-state index in [1.807, 2.05) is 26.0 Å². The second kappa shape index (κ2) is 5.17. The number of carbonyl (C=O) groups is 2. The first-order valence-electron chi connectivity index (χ1n) is 6.09. The van der Waals surface area contributed by atoms with Gasteiger partial charge < -0.3 is 10.2 Å². The molecule has 0 aliphatic rings. The van der Waals surface area contributed by atoms with Gasteiger partial charge in [-0.1, -0.05) is 18.2 Å². The van der Waals surface area contributed by atoms with Crippen LogP contribution in [0, 0.1) is 13.8 Å². The van der Waals surface area contributed by atoms with Crippen molar-refractivity contribution < 1.29 is 19.8 Å². The van der Waals surface area contributed by atoms with Crippen LogP contribution in [-0.4, -0.2) is 22.2 Å². The van der Waals surface area contributed by atoms with Crippen molar-refractivity contribution in [1.82, 2.24) is 0 Å². The molecule has 0 radical (unpaired) electrons. The quantitative estimate of drug-likeness (QED) is 0.896. The summed E-state index contributed by atoms with van der Waals surface area (Å²) in [6, 6.07) is 9.61. The lowest BCUT2D eigenvalue weighted by Gasteiger charge is -2.12. The van der Waals surface area contributed by atoms with Gasteiger partial charge in [-0.15, -0.1) is 0 Å². The minimum absolute atomic E-state index is 0.0749. The number of hydrogen-bond acceptors (Lipinski definition) is 2. The Morgan fingerprint density at radius 2 is 1.60 bits per heavy atom. The maximum atomic E-state index is 11.3. The summed E-state index contributed by atoms with van der Waals surface area (Å²) in [7, 11) is 0. The van der Waals surface area contributed by atoms with Gasteiger partial charge >= 0.3 is 11.9 Å². The predicted molar refractivity (Wildman–Crippen MR) is 75.3 cm³/mol. The summed E-state index contributed by atoms with van der Waals surface area (Å²) in [4.78, 5) is 22.4. The monoisotopic (exact) mass is 270 g/mol. The highest BCUT2D eigenvalue weighted by Gasteiger charge is 2.16. The fraction of sp³-hybridized carbons (Fsp3) is 0.125. The molecule has 0 bridgehead atoms. The van der Waals surface area contributed by atoms with Crippen molar-refractivity contribution in [3.05, 3.63) is 58.7 Å². The fourth-order valence-corrected chi connectivity index (χ4v) is 2.13. The summed E-state index contributed by atoms with van der Waals surface area (Å²) in [6.07, 6.45) is 0. The first-order valence-corrected chi connectivity index (χ1v) is 6.09. The molecule has 2 aromatic rings.